The van der Waals surface area contributed by atoms with Crippen LogP contribution in [0.5, 0.6) is 5.75 Å². The topological polar surface area (TPSA) is 67.6 Å². The van der Waals surface area contributed by atoms with E-state index in [4.69, 9.17) is 10.5 Å². The van der Waals surface area contributed by atoms with Gasteiger partial charge in [-0.05, 0) is 57.6 Å². The van der Waals surface area contributed by atoms with Crippen LogP contribution in [0.25, 0.3) is 0 Å². The van der Waals surface area contributed by atoms with Crippen LogP contribution in [-0.2, 0) is 12.8 Å². The van der Waals surface area contributed by atoms with Gasteiger partial charge in [0.1, 0.15) is 17.1 Å². The minimum atomic E-state index is -1.48. The van der Waals surface area contributed by atoms with Gasteiger partial charge in [0.25, 0.3) is 5.91 Å². The van der Waals surface area contributed by atoms with Crippen molar-refractivity contribution in [2.75, 3.05) is 38.5 Å². The van der Waals surface area contributed by atoms with Gasteiger partial charge in [-0.15, -0.1) is 0 Å². The molecule has 0 bridgehead atoms. The van der Waals surface area contributed by atoms with Gasteiger partial charge in [-0.25, -0.2) is 8.78 Å². The quantitative estimate of drug-likeness (QED) is 0.707. The fourth-order valence-electron chi connectivity index (χ4n) is 4.25. The van der Waals surface area contributed by atoms with Crippen molar-refractivity contribution < 1.29 is 18.3 Å². The van der Waals surface area contributed by atoms with Crippen LogP contribution in [0.15, 0.2) is 6.07 Å². The molecule has 162 valence electrons. The molecule has 2 heterocycles. The molecular weight excluding hydrogens is 376 g/mol. The molecule has 2 aliphatic heterocycles. The smallest absolute Gasteiger partial charge is 0.255 e. The number of alkyl halides is 2. The predicted octanol–water partition coefficient (Wildman–Crippen LogP) is 3.44. The Kier molecular flexibility index (Phi) is 6.36. The van der Waals surface area contributed by atoms with Gasteiger partial charge in [0.2, 0.25) is 0 Å². The van der Waals surface area contributed by atoms with Crippen molar-refractivity contribution in [2.24, 2.45) is 0 Å². The summed E-state index contributed by atoms with van der Waals surface area (Å²) < 4.78 is 34.8. The number of anilines is 1. The largest absolute Gasteiger partial charge is 0.492 e. The van der Waals surface area contributed by atoms with Crippen molar-refractivity contribution in [1.29, 1.82) is 0 Å². The van der Waals surface area contributed by atoms with Crippen LogP contribution < -0.4 is 15.8 Å². The molecule has 1 amide bonds. The van der Waals surface area contributed by atoms with E-state index in [-0.39, 0.29) is 25.3 Å². The first kappa shape index (κ1) is 21.8. The Morgan fingerprint density at radius 3 is 2.69 bits per heavy atom. The van der Waals surface area contributed by atoms with E-state index >= 15 is 4.39 Å². The summed E-state index contributed by atoms with van der Waals surface area (Å²) in [5.74, 6) is 0.207. The molecule has 29 heavy (non-hydrogen) atoms. The average Bonchev–Trinajstić information content (AvgIpc) is 2.68. The van der Waals surface area contributed by atoms with E-state index < -0.39 is 11.3 Å². The van der Waals surface area contributed by atoms with E-state index in [1.165, 1.54) is 13.8 Å². The molecular formula is C22H33F2N3O2. The van der Waals surface area contributed by atoms with E-state index in [9.17, 15) is 9.18 Å². The average molecular weight is 410 g/mol. The van der Waals surface area contributed by atoms with Crippen LogP contribution in [0.3, 0.4) is 0 Å². The zero-order valence-electron chi connectivity index (χ0n) is 17.7. The predicted molar refractivity (Wildman–Crippen MR) is 111 cm³/mol. The molecule has 1 aromatic rings. The van der Waals surface area contributed by atoms with Crippen molar-refractivity contribution in [1.82, 2.24) is 10.2 Å². The third-order valence-electron chi connectivity index (χ3n) is 5.87. The van der Waals surface area contributed by atoms with Crippen LogP contribution in [0, 0.1) is 0 Å². The number of carbonyl (C=O) groups is 1. The second-order valence-electron chi connectivity index (χ2n) is 8.94. The van der Waals surface area contributed by atoms with Crippen LogP contribution in [0.4, 0.5) is 14.5 Å². The van der Waals surface area contributed by atoms with E-state index in [2.05, 4.69) is 5.32 Å². The Hall–Kier alpha value is -1.89. The summed E-state index contributed by atoms with van der Waals surface area (Å²) in [6.45, 7) is 6.82. The molecule has 0 radical (unpaired) electrons. The maximum atomic E-state index is 15.2. The highest BCUT2D eigenvalue weighted by molar-refractivity contribution is 5.98. The molecule has 7 heteroatoms. The number of carbonyl (C=O) groups excluding carboxylic acids is 1. The van der Waals surface area contributed by atoms with Crippen molar-refractivity contribution in [2.45, 2.75) is 64.2 Å². The summed E-state index contributed by atoms with van der Waals surface area (Å²) in [5.41, 5.74) is 6.41. The van der Waals surface area contributed by atoms with Crippen molar-refractivity contribution in [3.05, 3.63) is 22.8 Å². The second kappa shape index (κ2) is 8.46. The maximum Gasteiger partial charge on any atom is 0.255 e. The highest BCUT2D eigenvalue weighted by Gasteiger charge is 2.36. The molecule has 0 atom stereocenters. The lowest BCUT2D eigenvalue weighted by Crippen LogP contribution is -2.50. The summed E-state index contributed by atoms with van der Waals surface area (Å²) in [7, 11) is 0. The molecule has 2 aliphatic rings. The number of benzene rings is 1. The van der Waals surface area contributed by atoms with Crippen molar-refractivity contribution >= 4 is 11.6 Å². The molecule has 3 N–H and O–H groups in total. The van der Waals surface area contributed by atoms with Crippen LogP contribution in [0.1, 0.15) is 61.5 Å². The van der Waals surface area contributed by atoms with Crippen LogP contribution in [-0.4, -0.2) is 54.9 Å². The summed E-state index contributed by atoms with van der Waals surface area (Å²) in [4.78, 5) is 14.8. The number of aryl methyl sites for hydroxylation is 1. The van der Waals surface area contributed by atoms with Crippen molar-refractivity contribution in [3.8, 4) is 5.75 Å². The number of hydrogen-bond acceptors (Lipinski definition) is 4. The summed E-state index contributed by atoms with van der Waals surface area (Å²) in [6.07, 6.45) is 2.92. The number of rotatable bonds is 6. The molecule has 0 aliphatic carbocycles. The molecule has 0 spiro atoms. The first-order chi connectivity index (χ1) is 13.6. The highest BCUT2D eigenvalue weighted by Crippen LogP contribution is 2.36. The minimum Gasteiger partial charge on any atom is -0.492 e. The number of nitrogens with zero attached hydrogens (tertiary/aromatic N) is 1. The van der Waals surface area contributed by atoms with Crippen LogP contribution in [0.2, 0.25) is 0 Å². The van der Waals surface area contributed by atoms with E-state index in [1.807, 2.05) is 11.8 Å². The Morgan fingerprint density at radius 2 is 2.07 bits per heavy atom. The third-order valence-corrected chi connectivity index (χ3v) is 5.87. The molecule has 1 aromatic carbocycles. The van der Waals surface area contributed by atoms with E-state index in [0.717, 1.165) is 24.0 Å². The summed E-state index contributed by atoms with van der Waals surface area (Å²) >= 11 is 0. The SMILES string of the molecule is CCc1cc(C(=O)NCC2(F)CCN(CC(C)(C)F)CC2)c2c(c1N)CCCO2. The molecule has 0 aromatic heterocycles. The number of fused-ring (bicyclic) bond motifs is 1. The first-order valence-corrected chi connectivity index (χ1v) is 10.6. The zero-order chi connectivity index (χ0) is 21.2. The fraction of sp³-hybridized carbons (Fsp3) is 0.682. The number of nitrogen functional groups attached to an aromatic ring is 1. The summed E-state index contributed by atoms with van der Waals surface area (Å²) in [5, 5.41) is 2.77. The number of nitrogens with two attached hydrogens (primary N) is 1. The van der Waals surface area contributed by atoms with Gasteiger partial charge >= 0.3 is 0 Å². The second-order valence-corrected chi connectivity index (χ2v) is 8.94. The Bertz CT molecular complexity index is 753. The number of hydrogen-bond donors (Lipinski definition) is 2. The summed E-state index contributed by atoms with van der Waals surface area (Å²) in [6, 6.07) is 1.77. The highest BCUT2D eigenvalue weighted by atomic mass is 19.1. The van der Waals surface area contributed by atoms with E-state index in [1.54, 1.807) is 6.07 Å². The zero-order valence-corrected chi connectivity index (χ0v) is 17.7. The molecule has 0 saturated carbocycles. The van der Waals surface area contributed by atoms with Gasteiger partial charge in [0.15, 0.2) is 0 Å². The lowest BCUT2D eigenvalue weighted by molar-refractivity contribution is 0.0322. The first-order valence-electron chi connectivity index (χ1n) is 10.6. The third kappa shape index (κ3) is 5.18. The minimum absolute atomic E-state index is 0.0563. The Labute approximate surface area is 172 Å². The number of ether oxygens (including phenoxy) is 1. The van der Waals surface area contributed by atoms with Gasteiger partial charge < -0.3 is 15.8 Å². The number of amides is 1. The van der Waals surface area contributed by atoms with Gasteiger partial charge in [-0.2, -0.15) is 0 Å². The normalized spacial score (nSPS) is 19.3. The van der Waals surface area contributed by atoms with Gasteiger partial charge in [-0.3, -0.25) is 9.69 Å². The number of piperidine rings is 1. The fourth-order valence-corrected chi connectivity index (χ4v) is 4.25. The van der Waals surface area contributed by atoms with E-state index in [0.29, 0.717) is 49.7 Å². The molecule has 1 fully saturated rings. The molecule has 5 nitrogen and oxygen atoms in total. The number of nitrogens with one attached hydrogen (secondary N) is 1. The Morgan fingerprint density at radius 1 is 1.38 bits per heavy atom. The van der Waals surface area contributed by atoms with Gasteiger partial charge in [0.05, 0.1) is 18.7 Å². The monoisotopic (exact) mass is 409 g/mol. The van der Waals surface area contributed by atoms with Gasteiger partial charge in [0, 0.05) is 30.9 Å². The van der Waals surface area contributed by atoms with Gasteiger partial charge in [-0.1, -0.05) is 6.92 Å². The van der Waals surface area contributed by atoms with Crippen LogP contribution >= 0.6 is 0 Å². The number of halogens is 2. The molecule has 3 rings (SSSR count). The lowest BCUT2D eigenvalue weighted by atomic mass is 9.92. The van der Waals surface area contributed by atoms with Crippen molar-refractivity contribution in [3.63, 3.8) is 0 Å². The number of likely N-dealkylation sites (tertiary alicyclic amines) is 1. The molecule has 1 saturated heterocycles. The molecule has 0 unspecified atom stereocenters. The lowest BCUT2D eigenvalue weighted by Gasteiger charge is -2.38. The Balaban J connectivity index is 1.66. The maximum absolute atomic E-state index is 15.2. The standard InChI is InChI=1S/C22H33F2N3O2/c1-4-15-12-17(19-16(18(15)25)6-5-11-29-19)20(28)26-13-22(24)7-9-27(10-8-22)14-21(2,3)23/h12H,4-11,13-14,25H2,1-3H3,(H,26,28).